The third-order valence-corrected chi connectivity index (χ3v) is 2.80. The van der Waals surface area contributed by atoms with Crippen LogP contribution in [0.1, 0.15) is 19.4 Å². The van der Waals surface area contributed by atoms with Crippen LogP contribution >= 0.6 is 0 Å². The van der Waals surface area contributed by atoms with Gasteiger partial charge in [0.1, 0.15) is 0 Å². The van der Waals surface area contributed by atoms with Gasteiger partial charge in [-0.3, -0.25) is 4.79 Å². The predicted molar refractivity (Wildman–Crippen MR) is 73.7 cm³/mol. The van der Waals surface area contributed by atoms with Crippen LogP contribution in [-0.2, 0) is 11.3 Å². The van der Waals surface area contributed by atoms with Crippen molar-refractivity contribution in [3.8, 4) is 0 Å². The van der Waals surface area contributed by atoms with Gasteiger partial charge in [0.2, 0.25) is 0 Å². The highest BCUT2D eigenvalue weighted by molar-refractivity contribution is 5.94. The molecule has 0 aliphatic carbocycles. The van der Waals surface area contributed by atoms with Crippen LogP contribution in [0, 0.1) is 5.41 Å². The van der Waals surface area contributed by atoms with Crippen molar-refractivity contribution in [2.75, 3.05) is 18.5 Å². The van der Waals surface area contributed by atoms with Gasteiger partial charge in [0.25, 0.3) is 0 Å². The number of carbonyl (C=O) groups is 1. The quantitative estimate of drug-likeness (QED) is 0.756. The molecule has 1 rings (SSSR count). The Labute approximate surface area is 121 Å². The van der Waals surface area contributed by atoms with Gasteiger partial charge in [-0.05, 0) is 17.7 Å². The molecule has 0 aromatic heterocycles. The topological polar surface area (TPSA) is 61.4 Å². The summed E-state index contributed by atoms with van der Waals surface area (Å²) in [5, 5.41) is 14.0. The van der Waals surface area contributed by atoms with E-state index in [1.54, 1.807) is 12.1 Å². The molecular weight excluding hydrogens is 285 g/mol. The molecule has 0 saturated heterocycles. The van der Waals surface area contributed by atoms with Gasteiger partial charge >= 0.3 is 12.1 Å². The number of rotatable bonds is 6. The summed E-state index contributed by atoms with van der Waals surface area (Å²) in [5.74, 6) is -1.99. The van der Waals surface area contributed by atoms with Gasteiger partial charge in [0, 0.05) is 30.8 Å². The second kappa shape index (κ2) is 6.91. The molecule has 0 aliphatic heterocycles. The summed E-state index contributed by atoms with van der Waals surface area (Å²) in [7, 11) is 0. The van der Waals surface area contributed by atoms with E-state index >= 15 is 0 Å². The van der Waals surface area contributed by atoms with Crippen molar-refractivity contribution in [3.05, 3.63) is 29.8 Å². The fourth-order valence-corrected chi connectivity index (χ4v) is 1.56. The maximum atomic E-state index is 12.2. The molecular formula is C14H19F3N2O2. The summed E-state index contributed by atoms with van der Waals surface area (Å²) in [5.41, 5.74) is 0.559. The molecule has 0 unspecified atom stereocenters. The number of alkyl halides is 3. The molecule has 21 heavy (non-hydrogen) atoms. The Morgan fingerprint density at radius 3 is 2.52 bits per heavy atom. The minimum absolute atomic E-state index is 0.0294. The standard InChI is InChI=1S/C14H19F3N2O2/c1-13(2,9-20)8-18-7-10-4-3-5-11(6-10)19-12(21)14(15,16)17/h3-6,18,20H,7-9H2,1-2H3,(H,19,21). The molecule has 0 aliphatic rings. The molecule has 1 aromatic rings. The highest BCUT2D eigenvalue weighted by atomic mass is 19.4. The summed E-state index contributed by atoms with van der Waals surface area (Å²) in [4.78, 5) is 10.9. The molecule has 4 nitrogen and oxygen atoms in total. The Morgan fingerprint density at radius 2 is 1.95 bits per heavy atom. The minimum Gasteiger partial charge on any atom is -0.396 e. The van der Waals surface area contributed by atoms with E-state index in [1.807, 2.05) is 19.2 Å². The van der Waals surface area contributed by atoms with Crippen molar-refractivity contribution < 1.29 is 23.1 Å². The van der Waals surface area contributed by atoms with E-state index in [2.05, 4.69) is 5.32 Å². The lowest BCUT2D eigenvalue weighted by atomic mass is 9.95. The van der Waals surface area contributed by atoms with Gasteiger partial charge < -0.3 is 15.7 Å². The number of aliphatic hydroxyl groups is 1. The Hall–Kier alpha value is -1.60. The van der Waals surface area contributed by atoms with Crippen LogP contribution < -0.4 is 10.6 Å². The van der Waals surface area contributed by atoms with E-state index in [0.717, 1.165) is 5.56 Å². The summed E-state index contributed by atoms with van der Waals surface area (Å²) in [6.07, 6.45) is -4.90. The van der Waals surface area contributed by atoms with Crippen molar-refractivity contribution in [2.45, 2.75) is 26.6 Å². The molecule has 0 fully saturated rings. The van der Waals surface area contributed by atoms with Crippen LogP contribution in [-0.4, -0.2) is 30.3 Å². The van der Waals surface area contributed by atoms with Crippen molar-refractivity contribution >= 4 is 11.6 Å². The number of carbonyl (C=O) groups excluding carboxylic acids is 1. The van der Waals surface area contributed by atoms with Gasteiger partial charge in [-0.1, -0.05) is 26.0 Å². The zero-order valence-corrected chi connectivity index (χ0v) is 11.9. The van der Waals surface area contributed by atoms with E-state index < -0.39 is 12.1 Å². The third-order valence-electron chi connectivity index (χ3n) is 2.80. The largest absolute Gasteiger partial charge is 0.471 e. The van der Waals surface area contributed by atoms with Crippen LogP contribution in [0.3, 0.4) is 0 Å². The zero-order valence-electron chi connectivity index (χ0n) is 11.9. The molecule has 0 spiro atoms. The number of hydrogen-bond donors (Lipinski definition) is 3. The van der Waals surface area contributed by atoms with Gasteiger partial charge in [0.05, 0.1) is 0 Å². The minimum atomic E-state index is -4.90. The summed E-state index contributed by atoms with van der Waals surface area (Å²) < 4.78 is 36.5. The van der Waals surface area contributed by atoms with Crippen molar-refractivity contribution in [1.29, 1.82) is 0 Å². The van der Waals surface area contributed by atoms with E-state index in [1.165, 1.54) is 12.1 Å². The number of hydrogen-bond acceptors (Lipinski definition) is 3. The van der Waals surface area contributed by atoms with Crippen molar-refractivity contribution in [2.24, 2.45) is 5.41 Å². The maximum Gasteiger partial charge on any atom is 0.471 e. The van der Waals surface area contributed by atoms with Gasteiger partial charge in [-0.25, -0.2) is 0 Å². The number of nitrogens with one attached hydrogen (secondary N) is 2. The smallest absolute Gasteiger partial charge is 0.396 e. The normalized spacial score (nSPS) is 12.3. The van der Waals surface area contributed by atoms with Crippen molar-refractivity contribution in [1.82, 2.24) is 5.32 Å². The van der Waals surface area contributed by atoms with Gasteiger partial charge in [-0.15, -0.1) is 0 Å². The van der Waals surface area contributed by atoms with E-state index in [-0.39, 0.29) is 17.7 Å². The fraction of sp³-hybridized carbons (Fsp3) is 0.500. The van der Waals surface area contributed by atoms with Gasteiger partial charge in [0.15, 0.2) is 0 Å². The van der Waals surface area contributed by atoms with E-state index in [0.29, 0.717) is 13.1 Å². The van der Waals surface area contributed by atoms with Crippen LogP contribution in [0.4, 0.5) is 18.9 Å². The Balaban J connectivity index is 2.59. The summed E-state index contributed by atoms with van der Waals surface area (Å²) >= 11 is 0. The number of aliphatic hydroxyl groups excluding tert-OH is 1. The first-order valence-electron chi connectivity index (χ1n) is 6.43. The lowest BCUT2D eigenvalue weighted by Crippen LogP contribution is -2.32. The summed E-state index contributed by atoms with van der Waals surface area (Å²) in [6, 6.07) is 6.18. The number of amides is 1. The fourth-order valence-electron chi connectivity index (χ4n) is 1.56. The van der Waals surface area contributed by atoms with Crippen LogP contribution in [0.2, 0.25) is 0 Å². The van der Waals surface area contributed by atoms with Crippen LogP contribution in [0.25, 0.3) is 0 Å². The van der Waals surface area contributed by atoms with E-state index in [4.69, 9.17) is 5.11 Å². The number of benzene rings is 1. The monoisotopic (exact) mass is 304 g/mol. The SMILES string of the molecule is CC(C)(CO)CNCc1cccc(NC(=O)C(F)(F)F)c1. The second-order valence-corrected chi connectivity index (χ2v) is 5.58. The third kappa shape index (κ3) is 6.14. The van der Waals surface area contributed by atoms with E-state index in [9.17, 15) is 18.0 Å². The molecule has 0 bridgehead atoms. The molecule has 0 atom stereocenters. The average Bonchev–Trinajstić information content (AvgIpc) is 2.38. The highest BCUT2D eigenvalue weighted by Gasteiger charge is 2.38. The molecule has 1 amide bonds. The lowest BCUT2D eigenvalue weighted by Gasteiger charge is -2.22. The first-order chi connectivity index (χ1) is 9.64. The first-order valence-corrected chi connectivity index (χ1v) is 6.43. The Bertz CT molecular complexity index is 487. The Kier molecular flexibility index (Phi) is 5.74. The Morgan fingerprint density at radius 1 is 1.29 bits per heavy atom. The average molecular weight is 304 g/mol. The predicted octanol–water partition coefficient (Wildman–Crippen LogP) is 2.30. The van der Waals surface area contributed by atoms with Crippen molar-refractivity contribution in [3.63, 3.8) is 0 Å². The van der Waals surface area contributed by atoms with Crippen LogP contribution in [0.15, 0.2) is 24.3 Å². The molecule has 0 saturated carbocycles. The molecule has 0 heterocycles. The zero-order chi connectivity index (χ0) is 16.1. The molecule has 118 valence electrons. The first kappa shape index (κ1) is 17.5. The molecule has 1 aromatic carbocycles. The number of anilines is 1. The second-order valence-electron chi connectivity index (χ2n) is 5.58. The number of halogens is 3. The highest BCUT2D eigenvalue weighted by Crippen LogP contribution is 2.19. The van der Waals surface area contributed by atoms with Crippen LogP contribution in [0.5, 0.6) is 0 Å². The molecule has 0 radical (unpaired) electrons. The summed E-state index contributed by atoms with van der Waals surface area (Å²) in [6.45, 7) is 4.80. The van der Waals surface area contributed by atoms with Gasteiger partial charge in [-0.2, -0.15) is 13.2 Å². The molecule has 3 N–H and O–H groups in total. The lowest BCUT2D eigenvalue weighted by molar-refractivity contribution is -0.167. The maximum absolute atomic E-state index is 12.2. The molecule has 7 heteroatoms.